The zero-order valence-electron chi connectivity index (χ0n) is 16.2. The molecule has 1 saturated heterocycles. The number of aromatic nitrogens is 1. The molecule has 1 aliphatic heterocycles. The number of carbonyl (C=O) groups excluding carboxylic acids is 1. The van der Waals surface area contributed by atoms with Crippen molar-refractivity contribution in [3.63, 3.8) is 0 Å². The van der Waals surface area contributed by atoms with Gasteiger partial charge in [0.25, 0.3) is 5.91 Å². The molecule has 3 heterocycles. The van der Waals surface area contributed by atoms with Crippen LogP contribution in [0.4, 0.5) is 0 Å². The van der Waals surface area contributed by atoms with Crippen LogP contribution >= 0.6 is 0 Å². The molecule has 1 aromatic carbocycles. The molecule has 1 aliphatic carbocycles. The fraction of sp³-hybridized carbons (Fsp3) is 0.435. The topological polar surface area (TPSA) is 41.6 Å². The first kappa shape index (κ1) is 17.6. The van der Waals surface area contributed by atoms with Crippen molar-refractivity contribution < 1.29 is 9.21 Å². The van der Waals surface area contributed by atoms with Gasteiger partial charge < -0.3 is 13.9 Å². The molecule has 2 aliphatic rings. The standard InChI is InChI=1S/C23H27N3O2/c27-23(25-12-10-24(11-13-25)16-18-5-2-1-3-6-18)21-15-22-20(9-14-28-22)26(21)17-19-7-4-8-19/h1-3,5-6,9,14-15,19H,4,7-8,10-13,16-17H2. The maximum absolute atomic E-state index is 13.3. The predicted molar refractivity (Wildman–Crippen MR) is 109 cm³/mol. The highest BCUT2D eigenvalue weighted by Crippen LogP contribution is 2.31. The van der Waals surface area contributed by atoms with Gasteiger partial charge >= 0.3 is 0 Å². The molecule has 146 valence electrons. The molecule has 5 rings (SSSR count). The molecule has 5 nitrogen and oxygen atoms in total. The van der Waals surface area contributed by atoms with Crippen LogP contribution in [0.25, 0.3) is 11.1 Å². The number of benzene rings is 1. The average molecular weight is 377 g/mol. The fourth-order valence-electron chi connectivity index (χ4n) is 4.40. The smallest absolute Gasteiger partial charge is 0.270 e. The van der Waals surface area contributed by atoms with Gasteiger partial charge in [0, 0.05) is 51.4 Å². The molecular weight excluding hydrogens is 350 g/mol. The second-order valence-corrected chi connectivity index (χ2v) is 8.16. The minimum atomic E-state index is 0.144. The lowest BCUT2D eigenvalue weighted by atomic mass is 9.85. The zero-order chi connectivity index (χ0) is 18.9. The zero-order valence-corrected chi connectivity index (χ0v) is 16.2. The number of hydrogen-bond donors (Lipinski definition) is 0. The summed E-state index contributed by atoms with van der Waals surface area (Å²) in [6.07, 6.45) is 5.57. The van der Waals surface area contributed by atoms with E-state index in [1.807, 2.05) is 17.0 Å². The minimum absolute atomic E-state index is 0.144. The summed E-state index contributed by atoms with van der Waals surface area (Å²) in [6, 6.07) is 14.5. The highest BCUT2D eigenvalue weighted by atomic mass is 16.3. The van der Waals surface area contributed by atoms with Crippen molar-refractivity contribution in [1.82, 2.24) is 14.4 Å². The van der Waals surface area contributed by atoms with Crippen LogP contribution in [0.2, 0.25) is 0 Å². The molecule has 1 amide bonds. The molecule has 5 heteroatoms. The van der Waals surface area contributed by atoms with Crippen LogP contribution in [0, 0.1) is 5.92 Å². The van der Waals surface area contributed by atoms with Gasteiger partial charge in [-0.25, -0.2) is 0 Å². The second kappa shape index (κ2) is 7.47. The number of carbonyl (C=O) groups is 1. The number of fused-ring (bicyclic) bond motifs is 1. The lowest BCUT2D eigenvalue weighted by Crippen LogP contribution is -2.48. The van der Waals surface area contributed by atoms with E-state index >= 15 is 0 Å². The summed E-state index contributed by atoms with van der Waals surface area (Å²) in [5, 5.41) is 0. The average Bonchev–Trinajstić information content (AvgIpc) is 3.27. The van der Waals surface area contributed by atoms with E-state index in [-0.39, 0.29) is 5.91 Å². The van der Waals surface area contributed by atoms with Crippen molar-refractivity contribution in [2.24, 2.45) is 5.92 Å². The van der Waals surface area contributed by atoms with Crippen LogP contribution in [0.15, 0.2) is 53.1 Å². The summed E-state index contributed by atoms with van der Waals surface area (Å²) < 4.78 is 7.79. The number of rotatable bonds is 5. The van der Waals surface area contributed by atoms with E-state index in [0.717, 1.165) is 56.1 Å². The molecule has 0 radical (unpaired) electrons. The SMILES string of the molecule is O=C(c1cc2occc2n1CC1CCC1)N1CCN(Cc2ccccc2)CC1. The van der Waals surface area contributed by atoms with E-state index in [0.29, 0.717) is 5.92 Å². The van der Waals surface area contributed by atoms with Gasteiger partial charge in [-0.15, -0.1) is 0 Å². The van der Waals surface area contributed by atoms with Gasteiger partial charge in [-0.3, -0.25) is 9.69 Å². The van der Waals surface area contributed by atoms with Crippen molar-refractivity contribution >= 4 is 17.0 Å². The molecule has 2 aromatic heterocycles. The Morgan fingerprint density at radius 3 is 2.54 bits per heavy atom. The molecule has 28 heavy (non-hydrogen) atoms. The van der Waals surface area contributed by atoms with Crippen molar-refractivity contribution in [3.8, 4) is 0 Å². The number of amides is 1. The second-order valence-electron chi connectivity index (χ2n) is 8.16. The summed E-state index contributed by atoms with van der Waals surface area (Å²) in [6.45, 7) is 5.27. The molecule has 0 N–H and O–H groups in total. The molecule has 0 bridgehead atoms. The summed E-state index contributed by atoms with van der Waals surface area (Å²) in [5.41, 5.74) is 4.00. The highest BCUT2D eigenvalue weighted by Gasteiger charge is 2.28. The summed E-state index contributed by atoms with van der Waals surface area (Å²) in [7, 11) is 0. The number of nitrogens with zero attached hydrogens (tertiary/aromatic N) is 3. The van der Waals surface area contributed by atoms with Crippen molar-refractivity contribution in [2.45, 2.75) is 32.4 Å². The third kappa shape index (κ3) is 3.35. The van der Waals surface area contributed by atoms with E-state index in [1.54, 1.807) is 6.26 Å². The van der Waals surface area contributed by atoms with Crippen LogP contribution in [-0.4, -0.2) is 46.5 Å². The molecular formula is C23H27N3O2. The first-order valence-electron chi connectivity index (χ1n) is 10.4. The Labute approximate surface area is 165 Å². The Bertz CT molecular complexity index is 947. The third-order valence-corrected chi connectivity index (χ3v) is 6.32. The monoisotopic (exact) mass is 377 g/mol. The lowest BCUT2D eigenvalue weighted by molar-refractivity contribution is 0.0616. The van der Waals surface area contributed by atoms with Gasteiger partial charge in [0.15, 0.2) is 5.58 Å². The van der Waals surface area contributed by atoms with Crippen molar-refractivity contribution in [3.05, 3.63) is 60.0 Å². The van der Waals surface area contributed by atoms with Crippen LogP contribution < -0.4 is 0 Å². The van der Waals surface area contributed by atoms with Crippen molar-refractivity contribution in [2.75, 3.05) is 26.2 Å². The third-order valence-electron chi connectivity index (χ3n) is 6.32. The predicted octanol–water partition coefficient (Wildman–Crippen LogP) is 3.99. The molecule has 3 aromatic rings. The van der Waals surface area contributed by atoms with E-state index in [1.165, 1.54) is 24.8 Å². The normalized spacial score (nSPS) is 18.5. The van der Waals surface area contributed by atoms with Gasteiger partial charge in [0.2, 0.25) is 0 Å². The Hall–Kier alpha value is -2.53. The van der Waals surface area contributed by atoms with E-state index < -0.39 is 0 Å². The maximum Gasteiger partial charge on any atom is 0.270 e. The Morgan fingerprint density at radius 2 is 1.82 bits per heavy atom. The van der Waals surface area contributed by atoms with Crippen LogP contribution in [0.5, 0.6) is 0 Å². The van der Waals surface area contributed by atoms with Crippen LogP contribution in [0.3, 0.4) is 0 Å². The Kier molecular flexibility index (Phi) is 4.69. The number of piperazine rings is 1. The molecule has 0 atom stereocenters. The van der Waals surface area contributed by atoms with Gasteiger partial charge in [-0.05, 0) is 24.3 Å². The van der Waals surface area contributed by atoms with Crippen LogP contribution in [0.1, 0.15) is 35.3 Å². The lowest BCUT2D eigenvalue weighted by Gasteiger charge is -2.35. The Balaban J connectivity index is 1.28. The highest BCUT2D eigenvalue weighted by molar-refractivity contribution is 5.97. The summed E-state index contributed by atoms with van der Waals surface area (Å²) >= 11 is 0. The van der Waals surface area contributed by atoms with Gasteiger partial charge in [-0.1, -0.05) is 36.8 Å². The van der Waals surface area contributed by atoms with Gasteiger partial charge in [-0.2, -0.15) is 0 Å². The molecule has 1 saturated carbocycles. The minimum Gasteiger partial charge on any atom is -0.463 e. The number of furan rings is 1. The maximum atomic E-state index is 13.3. The van der Waals surface area contributed by atoms with Gasteiger partial charge in [0.1, 0.15) is 5.69 Å². The summed E-state index contributed by atoms with van der Waals surface area (Å²) in [5.74, 6) is 0.838. The summed E-state index contributed by atoms with van der Waals surface area (Å²) in [4.78, 5) is 17.7. The largest absolute Gasteiger partial charge is 0.463 e. The molecule has 0 spiro atoms. The van der Waals surface area contributed by atoms with E-state index in [4.69, 9.17) is 4.42 Å². The first-order valence-corrected chi connectivity index (χ1v) is 10.4. The van der Waals surface area contributed by atoms with Crippen LogP contribution in [-0.2, 0) is 13.1 Å². The van der Waals surface area contributed by atoms with E-state index in [9.17, 15) is 4.79 Å². The number of hydrogen-bond acceptors (Lipinski definition) is 3. The molecule has 0 unspecified atom stereocenters. The first-order chi connectivity index (χ1) is 13.8. The fourth-order valence-corrected chi connectivity index (χ4v) is 4.40. The van der Waals surface area contributed by atoms with Gasteiger partial charge in [0.05, 0.1) is 11.8 Å². The Morgan fingerprint density at radius 1 is 1.04 bits per heavy atom. The van der Waals surface area contributed by atoms with Crippen molar-refractivity contribution in [1.29, 1.82) is 0 Å². The molecule has 2 fully saturated rings. The van der Waals surface area contributed by atoms with E-state index in [2.05, 4.69) is 39.8 Å². The quantitative estimate of drug-likeness (QED) is 0.675.